The lowest BCUT2D eigenvalue weighted by Crippen LogP contribution is -2.39. The van der Waals surface area contributed by atoms with Crippen molar-refractivity contribution >= 4 is 16.6 Å². The van der Waals surface area contributed by atoms with Gasteiger partial charge in [0, 0.05) is 14.2 Å². The molecule has 0 heterocycles. The van der Waals surface area contributed by atoms with Gasteiger partial charge >= 0.3 is 6.18 Å². The fraction of sp³-hybridized carbons (Fsp3) is 0.433. The fourth-order valence-corrected chi connectivity index (χ4v) is 13.0. The second-order valence-corrected chi connectivity index (χ2v) is 27.7. The van der Waals surface area contributed by atoms with E-state index in [1.165, 1.54) is 33.4 Å². The minimum absolute atomic E-state index is 0. The molecular weight excluding hydrogens is 1120 g/mol. The molecule has 6 aromatic rings. The normalized spacial score (nSPS) is 9.36. The highest BCUT2D eigenvalue weighted by atomic mass is 28.4. The van der Waals surface area contributed by atoms with E-state index in [-0.39, 0.29) is 37.1 Å². The summed E-state index contributed by atoms with van der Waals surface area (Å²) in [6.45, 7) is 23.5. The first-order chi connectivity index (χ1) is 37.1. The van der Waals surface area contributed by atoms with Crippen molar-refractivity contribution in [1.29, 1.82) is 0 Å². The summed E-state index contributed by atoms with van der Waals surface area (Å²) in [4.78, 5) is 0. The molecule has 0 spiro atoms. The molecule has 0 aliphatic heterocycles. The second kappa shape index (κ2) is 54.7. The molecule has 0 fully saturated rings. The van der Waals surface area contributed by atoms with Gasteiger partial charge in [-0.2, -0.15) is 22.0 Å². The van der Waals surface area contributed by atoms with Crippen molar-refractivity contribution in [3.8, 4) is 45.6 Å². The van der Waals surface area contributed by atoms with E-state index in [4.69, 9.17) is 32.5 Å². The van der Waals surface area contributed by atoms with E-state index in [0.717, 1.165) is 40.9 Å². The number of hydrogen-bond acceptors (Lipinski definition) is 9. The summed E-state index contributed by atoms with van der Waals surface area (Å²) in [5.74, 6) is 5.29. The van der Waals surface area contributed by atoms with Gasteiger partial charge in [-0.3, -0.25) is 4.39 Å². The predicted octanol–water partition coefficient (Wildman–Crippen LogP) is 21.1. The lowest BCUT2D eigenvalue weighted by molar-refractivity contribution is -0.0947. The van der Waals surface area contributed by atoms with Gasteiger partial charge in [0.2, 0.25) is 0 Å². The molecule has 0 aliphatic carbocycles. The van der Waals surface area contributed by atoms with E-state index in [2.05, 4.69) is 113 Å². The Morgan fingerprint density at radius 1 is 0.381 bits per heavy atom. The Bertz CT molecular complexity index is 2210. The van der Waals surface area contributed by atoms with Gasteiger partial charge in [-0.1, -0.05) is 134 Å². The number of halogens is 6. The first-order valence-corrected chi connectivity index (χ1v) is 31.9. The molecule has 482 valence electrons. The van der Waals surface area contributed by atoms with Crippen LogP contribution in [0.5, 0.6) is 34.5 Å². The first-order valence-electron chi connectivity index (χ1n) is 25.0. The van der Waals surface area contributed by atoms with Gasteiger partial charge in [0.15, 0.2) is 16.6 Å². The van der Waals surface area contributed by atoms with Crippen LogP contribution < -0.4 is 28.4 Å². The van der Waals surface area contributed by atoms with Gasteiger partial charge in [0.05, 0.1) is 68.6 Å². The van der Waals surface area contributed by atoms with E-state index >= 15 is 0 Å². The Morgan fingerprint density at radius 2 is 0.583 bits per heavy atom. The first kappa shape index (κ1) is 94.1. The third-order valence-electron chi connectivity index (χ3n) is 9.66. The summed E-state index contributed by atoms with van der Waals surface area (Å²) >= 11 is 0. The maximum atomic E-state index is 11.2. The van der Waals surface area contributed by atoms with E-state index in [1.54, 1.807) is 56.9 Å². The monoisotopic (exact) mass is 1230 g/mol. The summed E-state index contributed by atoms with van der Waals surface area (Å²) in [6.07, 6.45) is -6.48. The van der Waals surface area contributed by atoms with Crippen LogP contribution in [-0.2, 0) is 20.0 Å². The quantitative estimate of drug-likeness (QED) is 0.0638. The number of benzene rings is 6. The molecule has 0 saturated carbocycles. The number of methoxy groups -OCH3 is 8. The molecule has 0 aromatic heterocycles. The average Bonchev–Trinajstić information content (AvgIpc) is 3.47. The molecule has 0 bridgehead atoms. The number of alkyl halides is 4. The van der Waals surface area contributed by atoms with Gasteiger partial charge in [0.1, 0.15) is 34.5 Å². The summed E-state index contributed by atoms with van der Waals surface area (Å²) in [5, 5.41) is 0. The Labute approximate surface area is 508 Å². The molecule has 9 nitrogen and oxygen atoms in total. The molecule has 0 saturated heterocycles. The van der Waals surface area contributed by atoms with Crippen LogP contribution in [0.1, 0.15) is 73.2 Å². The van der Waals surface area contributed by atoms with Crippen LogP contribution in [0.2, 0.25) is 39.3 Å². The van der Waals surface area contributed by atoms with Crippen molar-refractivity contribution in [2.75, 3.05) is 77.3 Å². The van der Waals surface area contributed by atoms with Crippen LogP contribution in [0.25, 0.3) is 11.1 Å². The summed E-state index contributed by atoms with van der Waals surface area (Å²) in [5.41, 5.74) is 5.78. The molecule has 0 N–H and O–H groups in total. The molecule has 0 aliphatic rings. The average molecular weight is 1230 g/mol. The van der Waals surface area contributed by atoms with Crippen LogP contribution in [0.4, 0.5) is 26.3 Å². The topological polar surface area (TPSA) is 83.1 Å². The third kappa shape index (κ3) is 51.4. The smallest absolute Gasteiger partial charge is 0.417 e. The molecule has 6 rings (SSSR count). The van der Waals surface area contributed by atoms with E-state index in [0.29, 0.717) is 27.3 Å². The molecule has 0 unspecified atom stereocenters. The number of aryl methyl sites for hydroxylation is 4. The van der Waals surface area contributed by atoms with Gasteiger partial charge in [-0.05, 0) is 163 Å². The predicted molar refractivity (Wildman–Crippen MR) is 354 cm³/mol. The van der Waals surface area contributed by atoms with Crippen molar-refractivity contribution in [3.63, 3.8) is 0 Å². The van der Waals surface area contributed by atoms with Crippen LogP contribution in [0.15, 0.2) is 157 Å². The largest absolute Gasteiger partial charge is 0.497 e. The molecule has 0 atom stereocenters. The van der Waals surface area contributed by atoms with Gasteiger partial charge in [-0.15, -0.1) is 0 Å². The number of rotatable bonds is 13. The number of hydrogen-bond donors (Lipinski definition) is 0. The van der Waals surface area contributed by atoms with Gasteiger partial charge in [0.25, 0.3) is 6.08 Å². The van der Waals surface area contributed by atoms with Crippen molar-refractivity contribution in [2.45, 2.75) is 124 Å². The molecule has 17 heteroatoms. The van der Waals surface area contributed by atoms with E-state index in [1.807, 2.05) is 109 Å². The minimum atomic E-state index is -4.89. The summed E-state index contributed by atoms with van der Waals surface area (Å²) < 4.78 is 111. The Morgan fingerprint density at radius 3 is 0.738 bits per heavy atom. The molecule has 84 heavy (non-hydrogen) atoms. The highest BCUT2D eigenvalue weighted by Gasteiger charge is 2.33. The van der Waals surface area contributed by atoms with Crippen LogP contribution in [0.3, 0.4) is 0 Å². The number of allylic oxidation sites excluding steroid dienone is 1. The zero-order valence-electron chi connectivity index (χ0n) is 50.4. The van der Waals surface area contributed by atoms with Crippen molar-refractivity contribution < 1.29 is 68.4 Å². The SMILES string of the molecule is C.C.C.C.C.CC(=C(F)F)C(F)(F)F.CCc1ccc(OC)cc1.CF.COCCOC.COc1ccc(-c2ccc(OC)cc2)cc1.COc1ccc(C)cc1.COc1ccc(OC)cc1.C[Si](C)(C)O[Si](C)(C)C.Cc1ccc(C)cc1. The minimum Gasteiger partial charge on any atom is -0.497 e. The van der Waals surface area contributed by atoms with Crippen molar-refractivity contribution in [1.82, 2.24) is 0 Å². The van der Waals surface area contributed by atoms with Crippen molar-refractivity contribution in [3.05, 3.63) is 180 Å². The highest BCUT2D eigenvalue weighted by molar-refractivity contribution is 6.83. The van der Waals surface area contributed by atoms with Crippen molar-refractivity contribution in [2.24, 2.45) is 0 Å². The fourth-order valence-electron chi connectivity index (χ4n) is 5.64. The zero-order valence-corrected chi connectivity index (χ0v) is 52.4. The molecule has 6 aromatic carbocycles. The third-order valence-corrected chi connectivity index (χ3v) is 14.6. The number of ether oxygens (including phenoxy) is 8. The summed E-state index contributed by atoms with van der Waals surface area (Å²) in [6, 6.07) is 48.0. The van der Waals surface area contributed by atoms with Gasteiger partial charge in [-0.25, -0.2) is 0 Å². The lowest BCUT2D eigenvalue weighted by Gasteiger charge is -2.27. The van der Waals surface area contributed by atoms with Gasteiger partial charge < -0.3 is 42.0 Å². The van der Waals surface area contributed by atoms with E-state index in [9.17, 15) is 26.3 Å². The second-order valence-electron chi connectivity index (χ2n) is 18.4. The highest BCUT2D eigenvalue weighted by Crippen LogP contribution is 2.28. The van der Waals surface area contributed by atoms with E-state index < -0.39 is 34.5 Å². The van der Waals surface area contributed by atoms with Crippen LogP contribution in [-0.4, -0.2) is 100 Å². The Balaban J connectivity index is -0.000000131. The lowest BCUT2D eigenvalue weighted by atomic mass is 10.1. The summed E-state index contributed by atoms with van der Waals surface area (Å²) in [7, 11) is 11.3. The van der Waals surface area contributed by atoms with Crippen LogP contribution in [0, 0.1) is 20.8 Å². The Hall–Kier alpha value is -6.25. The molecule has 0 amide bonds. The van der Waals surface area contributed by atoms with Crippen LogP contribution >= 0.6 is 0 Å². The molecular formula is C67H110F6O9Si2. The maximum Gasteiger partial charge on any atom is 0.417 e. The Kier molecular flexibility index (Phi) is 61.3. The zero-order chi connectivity index (χ0) is 61.0. The maximum absolute atomic E-state index is 11.2. The molecule has 0 radical (unpaired) electrons. The standard InChI is InChI=1S/C14H14O2.C9H12O.C8H10O2.C8H10O.C8H10.C6H18OSi2.C4H3F5.C4H10O2.CH3F.5CH4/c1-15-13-7-3-11(4-8-13)12-5-9-14(16-2)10-6-12;1-3-8-4-6-9(10-2)7-5-8;1-9-7-3-5-8(10-2)6-4-7;1-7-3-5-8(9-2)6-4-7;1-7-3-5-8(2)6-4-7;1-8(2,3)7-9(4,5)6;1-2(3(5)6)4(7,8)9;1-5-3-4-6-2;1-2;;;;;/h3-10H,1-2H3;4-7H,3H2,1-2H3;3-6H,1-2H3;3-6H,1-2H3;3-6H,1-2H3;1-6H3;1H3;3-4H2,1-2H3;1H3;5*1H4.